The van der Waals surface area contributed by atoms with Gasteiger partial charge in [0.25, 0.3) is 0 Å². The van der Waals surface area contributed by atoms with Gasteiger partial charge in [0, 0.05) is 25.1 Å². The van der Waals surface area contributed by atoms with Crippen molar-refractivity contribution < 1.29 is 17.9 Å². The zero-order chi connectivity index (χ0) is 17.6. The van der Waals surface area contributed by atoms with Crippen LogP contribution < -0.4 is 5.32 Å². The van der Waals surface area contributed by atoms with Gasteiger partial charge in [0.15, 0.2) is 0 Å². The number of rotatable bonds is 5. The number of sulfonamides is 1. The van der Waals surface area contributed by atoms with Crippen molar-refractivity contribution in [1.29, 1.82) is 0 Å². The largest absolute Gasteiger partial charge is 0.378 e. The van der Waals surface area contributed by atoms with E-state index in [4.69, 9.17) is 4.74 Å². The summed E-state index contributed by atoms with van der Waals surface area (Å²) < 4.78 is 31.3. The minimum atomic E-state index is -3.31. The third-order valence-corrected chi connectivity index (χ3v) is 7.87. The highest BCUT2D eigenvalue weighted by Crippen LogP contribution is 2.51. The standard InChI is InChI=1S/C16H30N2O4S/c1-11(2)13(18-8-7-9-23(18,20)21)14(19)17-12-10-16(5,22-6)15(12,3)4/h11-13H,7-10H2,1-6H3,(H,17,19)/t12-,13+,16+/m0/s1. The average Bonchev–Trinajstić information content (AvgIpc) is 2.77. The van der Waals surface area contributed by atoms with Crippen LogP contribution in [0.25, 0.3) is 0 Å². The maximum Gasteiger partial charge on any atom is 0.238 e. The maximum absolute atomic E-state index is 12.8. The molecular weight excluding hydrogens is 316 g/mol. The quantitative estimate of drug-likeness (QED) is 0.816. The van der Waals surface area contributed by atoms with Gasteiger partial charge in [0.05, 0.1) is 11.4 Å². The smallest absolute Gasteiger partial charge is 0.238 e. The number of carbonyl (C=O) groups excluding carboxylic acids is 1. The average molecular weight is 346 g/mol. The third kappa shape index (κ3) is 3.03. The highest BCUT2D eigenvalue weighted by atomic mass is 32.2. The van der Waals surface area contributed by atoms with Gasteiger partial charge in [-0.1, -0.05) is 27.7 Å². The first-order valence-corrected chi connectivity index (χ1v) is 9.92. The lowest BCUT2D eigenvalue weighted by Gasteiger charge is -2.59. The molecule has 1 amide bonds. The second kappa shape index (κ2) is 6.01. The lowest BCUT2D eigenvalue weighted by atomic mass is 9.55. The molecule has 1 saturated carbocycles. The minimum absolute atomic E-state index is 0.00786. The van der Waals surface area contributed by atoms with Crippen molar-refractivity contribution >= 4 is 15.9 Å². The van der Waals surface area contributed by atoms with E-state index < -0.39 is 16.1 Å². The first-order valence-electron chi connectivity index (χ1n) is 8.31. The molecule has 1 N–H and O–H groups in total. The molecule has 2 fully saturated rings. The van der Waals surface area contributed by atoms with Gasteiger partial charge >= 0.3 is 0 Å². The molecule has 1 aliphatic carbocycles. The number of ether oxygens (including phenoxy) is 1. The van der Waals surface area contributed by atoms with Gasteiger partial charge in [0.1, 0.15) is 6.04 Å². The number of amides is 1. The van der Waals surface area contributed by atoms with Crippen molar-refractivity contribution in [2.45, 2.75) is 65.1 Å². The van der Waals surface area contributed by atoms with Gasteiger partial charge in [-0.15, -0.1) is 0 Å². The SMILES string of the molecule is CO[C@]1(C)C[C@H](NC(=O)[C@@H](C(C)C)N2CCCS2(=O)=O)C1(C)C. The Kier molecular flexibility index (Phi) is 4.88. The molecule has 0 aromatic carbocycles. The van der Waals surface area contributed by atoms with Gasteiger partial charge in [0.2, 0.25) is 15.9 Å². The fourth-order valence-electron chi connectivity index (χ4n) is 3.72. The van der Waals surface area contributed by atoms with E-state index in [9.17, 15) is 13.2 Å². The van der Waals surface area contributed by atoms with Crippen molar-refractivity contribution in [3.63, 3.8) is 0 Å². The predicted molar refractivity (Wildman–Crippen MR) is 89.5 cm³/mol. The molecule has 2 aliphatic rings. The van der Waals surface area contributed by atoms with E-state index in [1.54, 1.807) is 7.11 Å². The second-order valence-electron chi connectivity index (χ2n) is 7.89. The Morgan fingerprint density at radius 2 is 1.91 bits per heavy atom. The summed E-state index contributed by atoms with van der Waals surface area (Å²) in [5.41, 5.74) is -0.458. The van der Waals surface area contributed by atoms with Crippen LogP contribution in [-0.4, -0.2) is 55.7 Å². The fraction of sp³-hybridized carbons (Fsp3) is 0.938. The first kappa shape index (κ1) is 18.7. The summed E-state index contributed by atoms with van der Waals surface area (Å²) in [5, 5.41) is 3.07. The van der Waals surface area contributed by atoms with Gasteiger partial charge < -0.3 is 10.1 Å². The first-order chi connectivity index (χ1) is 10.5. The van der Waals surface area contributed by atoms with Crippen LogP contribution in [0.5, 0.6) is 0 Å². The molecule has 2 rings (SSSR count). The Labute approximate surface area is 140 Å². The number of hydrogen-bond acceptors (Lipinski definition) is 4. The molecule has 0 aromatic rings. The number of nitrogens with zero attached hydrogens (tertiary/aromatic N) is 1. The molecule has 23 heavy (non-hydrogen) atoms. The van der Waals surface area contributed by atoms with Gasteiger partial charge in [-0.3, -0.25) is 4.79 Å². The molecule has 0 unspecified atom stereocenters. The molecule has 7 heteroatoms. The highest BCUT2D eigenvalue weighted by Gasteiger charge is 2.58. The van der Waals surface area contributed by atoms with E-state index >= 15 is 0 Å². The topological polar surface area (TPSA) is 75.7 Å². The second-order valence-corrected chi connectivity index (χ2v) is 9.93. The molecule has 1 saturated heterocycles. The summed E-state index contributed by atoms with van der Waals surface area (Å²) in [6.07, 6.45) is 1.33. The number of methoxy groups -OCH3 is 1. The summed E-state index contributed by atoms with van der Waals surface area (Å²) >= 11 is 0. The fourth-order valence-corrected chi connectivity index (χ4v) is 5.54. The summed E-state index contributed by atoms with van der Waals surface area (Å²) in [7, 11) is -1.62. The Hall–Kier alpha value is -0.660. The maximum atomic E-state index is 12.8. The van der Waals surface area contributed by atoms with Gasteiger partial charge in [-0.05, 0) is 25.7 Å². The van der Waals surface area contributed by atoms with Crippen LogP contribution in [0.4, 0.5) is 0 Å². The molecule has 134 valence electrons. The number of carbonyl (C=O) groups is 1. The van der Waals surface area contributed by atoms with Gasteiger partial charge in [-0.2, -0.15) is 4.31 Å². The molecule has 1 heterocycles. The van der Waals surface area contributed by atoms with E-state index in [2.05, 4.69) is 19.2 Å². The van der Waals surface area contributed by atoms with Crippen LogP contribution in [0.3, 0.4) is 0 Å². The van der Waals surface area contributed by atoms with E-state index in [0.29, 0.717) is 13.0 Å². The Balaban J connectivity index is 2.12. The van der Waals surface area contributed by atoms with Crippen molar-refractivity contribution in [3.05, 3.63) is 0 Å². The zero-order valence-corrected chi connectivity index (χ0v) is 15.9. The normalized spacial score (nSPS) is 34.1. The van der Waals surface area contributed by atoms with E-state index in [0.717, 1.165) is 6.42 Å². The van der Waals surface area contributed by atoms with Crippen molar-refractivity contribution in [1.82, 2.24) is 9.62 Å². The summed E-state index contributed by atoms with van der Waals surface area (Å²) in [6, 6.07) is -0.640. The number of nitrogens with one attached hydrogen (secondary N) is 1. The molecule has 0 aromatic heterocycles. The van der Waals surface area contributed by atoms with Crippen LogP contribution in [-0.2, 0) is 19.6 Å². The molecule has 3 atom stereocenters. The molecule has 0 radical (unpaired) electrons. The predicted octanol–water partition coefficient (Wildman–Crippen LogP) is 1.37. The molecule has 1 aliphatic heterocycles. The van der Waals surface area contributed by atoms with Crippen LogP contribution in [0.1, 0.15) is 47.5 Å². The van der Waals surface area contributed by atoms with Crippen molar-refractivity contribution in [2.75, 3.05) is 19.4 Å². The van der Waals surface area contributed by atoms with Gasteiger partial charge in [-0.25, -0.2) is 8.42 Å². The summed E-state index contributed by atoms with van der Waals surface area (Å²) in [6.45, 7) is 10.4. The van der Waals surface area contributed by atoms with Crippen LogP contribution in [0.2, 0.25) is 0 Å². The Morgan fingerprint density at radius 3 is 2.30 bits per heavy atom. The van der Waals surface area contributed by atoms with E-state index in [1.165, 1.54) is 4.31 Å². The monoisotopic (exact) mass is 346 g/mol. The number of hydrogen-bond donors (Lipinski definition) is 1. The Bertz CT molecular complexity index is 573. The van der Waals surface area contributed by atoms with Crippen LogP contribution >= 0.6 is 0 Å². The molecule has 0 bridgehead atoms. The molecule has 6 nitrogen and oxygen atoms in total. The Morgan fingerprint density at radius 1 is 1.30 bits per heavy atom. The molecule has 0 spiro atoms. The molecular formula is C16H30N2O4S. The van der Waals surface area contributed by atoms with Crippen molar-refractivity contribution in [3.8, 4) is 0 Å². The van der Waals surface area contributed by atoms with E-state index in [-0.39, 0.29) is 34.6 Å². The lowest BCUT2D eigenvalue weighted by Crippen LogP contribution is -2.70. The summed E-state index contributed by atoms with van der Waals surface area (Å²) in [5.74, 6) is -0.123. The van der Waals surface area contributed by atoms with Crippen molar-refractivity contribution in [2.24, 2.45) is 11.3 Å². The van der Waals surface area contributed by atoms with Crippen LogP contribution in [0.15, 0.2) is 0 Å². The van der Waals surface area contributed by atoms with E-state index in [1.807, 2.05) is 20.8 Å². The third-order valence-electron chi connectivity index (χ3n) is 5.94. The highest BCUT2D eigenvalue weighted by molar-refractivity contribution is 7.89. The zero-order valence-electron chi connectivity index (χ0n) is 15.0. The summed E-state index contributed by atoms with van der Waals surface area (Å²) in [4.78, 5) is 12.8. The lowest BCUT2D eigenvalue weighted by molar-refractivity contribution is -0.183. The minimum Gasteiger partial charge on any atom is -0.378 e. The van der Waals surface area contributed by atoms with Crippen LogP contribution in [0, 0.1) is 11.3 Å².